The molecule has 0 spiro atoms. The van der Waals surface area contributed by atoms with Gasteiger partial charge in [-0.25, -0.2) is 4.98 Å². The van der Waals surface area contributed by atoms with Crippen LogP contribution in [-0.2, 0) is 13.1 Å². The van der Waals surface area contributed by atoms with E-state index in [9.17, 15) is 10.1 Å². The van der Waals surface area contributed by atoms with Gasteiger partial charge < -0.3 is 14.6 Å². The van der Waals surface area contributed by atoms with Crippen molar-refractivity contribution < 1.29 is 9.66 Å². The number of imidazole rings is 1. The third kappa shape index (κ3) is 2.87. The highest BCUT2D eigenvalue weighted by atomic mass is 16.6. The fourth-order valence-electron chi connectivity index (χ4n) is 1.91. The van der Waals surface area contributed by atoms with Gasteiger partial charge in [-0.15, -0.1) is 0 Å². The summed E-state index contributed by atoms with van der Waals surface area (Å²) < 4.78 is 7.20. The smallest absolute Gasteiger partial charge is 0.271 e. The second kappa shape index (κ2) is 6.05. The molecular weight excluding hydrogens is 260 g/mol. The van der Waals surface area contributed by atoms with Crippen molar-refractivity contribution in [3.63, 3.8) is 0 Å². The fraction of sp³-hybridized carbons (Fsp3) is 0.308. The number of hydrogen-bond donors (Lipinski definition) is 1. The maximum atomic E-state index is 10.8. The lowest BCUT2D eigenvalue weighted by Gasteiger charge is -2.11. The van der Waals surface area contributed by atoms with Crippen molar-refractivity contribution in [3.05, 3.63) is 46.5 Å². The molecule has 0 saturated heterocycles. The summed E-state index contributed by atoms with van der Waals surface area (Å²) in [4.78, 5) is 14.5. The molecule has 0 amide bonds. The van der Waals surface area contributed by atoms with Gasteiger partial charge in [-0.3, -0.25) is 10.1 Å². The van der Waals surface area contributed by atoms with Gasteiger partial charge in [-0.1, -0.05) is 0 Å². The predicted molar refractivity (Wildman–Crippen MR) is 74.9 cm³/mol. The molecule has 0 aliphatic heterocycles. The molecule has 0 saturated carbocycles. The number of benzene rings is 1. The number of ether oxygens (including phenoxy) is 1. The summed E-state index contributed by atoms with van der Waals surface area (Å²) in [5.74, 6) is 0.568. The van der Waals surface area contributed by atoms with Crippen LogP contribution in [-0.4, -0.2) is 21.6 Å². The minimum Gasteiger partial charge on any atom is -0.495 e. The molecule has 0 bridgehead atoms. The molecule has 1 N–H and O–H groups in total. The van der Waals surface area contributed by atoms with Gasteiger partial charge in [0.2, 0.25) is 0 Å². The molecule has 0 radical (unpaired) electrons. The van der Waals surface area contributed by atoms with Crippen LogP contribution in [0, 0.1) is 10.1 Å². The Labute approximate surface area is 116 Å². The minimum absolute atomic E-state index is 0.0253. The number of methoxy groups -OCH3 is 1. The first-order valence-corrected chi connectivity index (χ1v) is 6.21. The van der Waals surface area contributed by atoms with E-state index in [1.54, 1.807) is 18.6 Å². The molecule has 20 heavy (non-hydrogen) atoms. The lowest BCUT2D eigenvalue weighted by Crippen LogP contribution is -2.07. The lowest BCUT2D eigenvalue weighted by atomic mass is 10.2. The fourth-order valence-corrected chi connectivity index (χ4v) is 1.91. The monoisotopic (exact) mass is 276 g/mol. The molecule has 0 fully saturated rings. The van der Waals surface area contributed by atoms with E-state index >= 15 is 0 Å². The number of hydrogen-bond acceptors (Lipinski definition) is 5. The van der Waals surface area contributed by atoms with Crippen molar-refractivity contribution in [3.8, 4) is 5.75 Å². The second-order valence-corrected chi connectivity index (χ2v) is 4.17. The molecular formula is C13H16N4O3. The Morgan fingerprint density at radius 1 is 1.50 bits per heavy atom. The molecule has 7 heteroatoms. The third-order valence-corrected chi connectivity index (χ3v) is 2.99. The van der Waals surface area contributed by atoms with Crippen LogP contribution in [0.25, 0.3) is 0 Å². The van der Waals surface area contributed by atoms with Gasteiger partial charge in [-0.2, -0.15) is 0 Å². The Kier molecular flexibility index (Phi) is 4.19. The van der Waals surface area contributed by atoms with Gasteiger partial charge in [0, 0.05) is 24.9 Å². The highest BCUT2D eigenvalue weighted by Crippen LogP contribution is 2.29. The molecule has 1 heterocycles. The van der Waals surface area contributed by atoms with E-state index in [1.165, 1.54) is 19.2 Å². The molecule has 0 atom stereocenters. The Hall–Kier alpha value is -2.57. The van der Waals surface area contributed by atoms with Crippen molar-refractivity contribution in [2.45, 2.75) is 20.0 Å². The largest absolute Gasteiger partial charge is 0.495 e. The summed E-state index contributed by atoms with van der Waals surface area (Å²) in [6.07, 6.45) is 3.52. The zero-order valence-electron chi connectivity index (χ0n) is 11.4. The van der Waals surface area contributed by atoms with Gasteiger partial charge >= 0.3 is 0 Å². The summed E-state index contributed by atoms with van der Waals surface area (Å²) in [6.45, 7) is 3.37. The van der Waals surface area contributed by atoms with Crippen LogP contribution in [0.3, 0.4) is 0 Å². The number of nitro groups is 1. The first-order valence-electron chi connectivity index (χ1n) is 6.21. The van der Waals surface area contributed by atoms with Crippen LogP contribution in [0.2, 0.25) is 0 Å². The van der Waals surface area contributed by atoms with Crippen molar-refractivity contribution in [1.29, 1.82) is 0 Å². The zero-order valence-corrected chi connectivity index (χ0v) is 11.4. The standard InChI is InChI=1S/C13H16N4O3/c1-3-16-9-14-7-11(16)8-15-12-6-10(17(18)19)4-5-13(12)20-2/h4-7,9,15H,3,8H2,1-2H3. The molecule has 0 aliphatic rings. The Balaban J connectivity index is 2.19. The lowest BCUT2D eigenvalue weighted by molar-refractivity contribution is -0.384. The Morgan fingerprint density at radius 3 is 2.95 bits per heavy atom. The summed E-state index contributed by atoms with van der Waals surface area (Å²) in [5, 5.41) is 14.0. The third-order valence-electron chi connectivity index (χ3n) is 2.99. The van der Waals surface area contributed by atoms with Gasteiger partial charge in [-0.05, 0) is 13.0 Å². The maximum Gasteiger partial charge on any atom is 0.271 e. The van der Waals surface area contributed by atoms with Crippen molar-refractivity contribution in [2.24, 2.45) is 0 Å². The van der Waals surface area contributed by atoms with Gasteiger partial charge in [0.05, 0.1) is 36.3 Å². The average Bonchev–Trinajstić information content (AvgIpc) is 2.92. The number of aromatic nitrogens is 2. The first kappa shape index (κ1) is 13.9. The number of nitro benzene ring substituents is 1. The number of aryl methyl sites for hydroxylation is 1. The van der Waals surface area contributed by atoms with E-state index in [0.717, 1.165) is 12.2 Å². The number of nitrogens with zero attached hydrogens (tertiary/aromatic N) is 3. The van der Waals surface area contributed by atoms with E-state index in [1.807, 2.05) is 11.5 Å². The van der Waals surface area contributed by atoms with Crippen LogP contribution in [0.5, 0.6) is 5.75 Å². The van der Waals surface area contributed by atoms with Gasteiger partial charge in [0.15, 0.2) is 0 Å². The molecule has 1 aromatic carbocycles. The maximum absolute atomic E-state index is 10.8. The first-order chi connectivity index (χ1) is 9.65. The minimum atomic E-state index is -0.430. The van der Waals surface area contributed by atoms with Crippen molar-refractivity contribution >= 4 is 11.4 Å². The van der Waals surface area contributed by atoms with E-state index in [-0.39, 0.29) is 5.69 Å². The van der Waals surface area contributed by atoms with Crippen LogP contribution in [0.4, 0.5) is 11.4 Å². The quantitative estimate of drug-likeness (QED) is 0.647. The number of rotatable bonds is 6. The molecule has 0 aliphatic carbocycles. The predicted octanol–water partition coefficient (Wildman–Crippen LogP) is 2.43. The summed E-state index contributed by atoms with van der Waals surface area (Å²) >= 11 is 0. The Bertz CT molecular complexity index is 609. The van der Waals surface area contributed by atoms with Gasteiger partial charge in [0.25, 0.3) is 5.69 Å². The number of nitrogens with one attached hydrogen (secondary N) is 1. The second-order valence-electron chi connectivity index (χ2n) is 4.17. The van der Waals surface area contributed by atoms with E-state index < -0.39 is 4.92 Å². The van der Waals surface area contributed by atoms with E-state index in [2.05, 4.69) is 10.3 Å². The van der Waals surface area contributed by atoms with Crippen LogP contribution in [0.15, 0.2) is 30.7 Å². The normalized spacial score (nSPS) is 10.3. The average molecular weight is 276 g/mol. The van der Waals surface area contributed by atoms with Crippen molar-refractivity contribution in [2.75, 3.05) is 12.4 Å². The summed E-state index contributed by atoms with van der Waals surface area (Å²) in [7, 11) is 1.53. The highest BCUT2D eigenvalue weighted by Gasteiger charge is 2.11. The van der Waals surface area contributed by atoms with Crippen molar-refractivity contribution in [1.82, 2.24) is 9.55 Å². The summed E-state index contributed by atoms with van der Waals surface area (Å²) in [5.41, 5.74) is 1.61. The van der Waals surface area contributed by atoms with Gasteiger partial charge in [0.1, 0.15) is 5.75 Å². The molecule has 7 nitrogen and oxygen atoms in total. The highest BCUT2D eigenvalue weighted by molar-refractivity contribution is 5.61. The molecule has 106 valence electrons. The van der Waals surface area contributed by atoms with E-state index in [4.69, 9.17) is 4.74 Å². The molecule has 0 unspecified atom stereocenters. The SMILES string of the molecule is CCn1cncc1CNc1cc([N+](=O)[O-])ccc1OC. The zero-order chi connectivity index (χ0) is 14.5. The summed E-state index contributed by atoms with van der Waals surface area (Å²) in [6, 6.07) is 4.46. The Morgan fingerprint density at radius 2 is 2.30 bits per heavy atom. The van der Waals surface area contributed by atoms with Crippen LogP contribution >= 0.6 is 0 Å². The number of non-ortho nitro benzene ring substituents is 1. The van der Waals surface area contributed by atoms with Crippen LogP contribution < -0.4 is 10.1 Å². The molecule has 2 rings (SSSR count). The topological polar surface area (TPSA) is 82.2 Å². The molecule has 2 aromatic rings. The molecule has 1 aromatic heterocycles. The van der Waals surface area contributed by atoms with E-state index in [0.29, 0.717) is 18.0 Å². The van der Waals surface area contributed by atoms with Crippen LogP contribution in [0.1, 0.15) is 12.6 Å². The number of anilines is 1.